The minimum Gasteiger partial charge on any atom is -0.497 e. The van der Waals surface area contributed by atoms with Gasteiger partial charge < -0.3 is 15.5 Å². The molecule has 1 saturated carbocycles. The number of rotatable bonds is 4. The van der Waals surface area contributed by atoms with E-state index in [2.05, 4.69) is 21.0 Å². The number of amides is 1. The summed E-state index contributed by atoms with van der Waals surface area (Å²) in [4.78, 5) is 34.4. The third-order valence-corrected chi connectivity index (χ3v) is 6.16. The molecule has 9 heteroatoms. The molecule has 186 valence electrons. The number of carbonyl (C=O) groups excluding carboxylic acids is 1. The standard InChI is InChI=1S/C15H15F2N3O2.C12H11NO/c16-15(17)4-1-2-8(7-15)10-6-11(21)12-9(20-10)3-5-19-13(12)14(18)22;1-14-12-4-2-3-11(9-12)10-5-7-13-8-6-10/h3,5-6,8H,1-2,4,7H2,(H2,18,22)(H,20,21);2-9H,1H3/t8-;/m0./s1. The fraction of sp³-hybridized carbons (Fsp3) is 0.259. The van der Waals surface area contributed by atoms with Gasteiger partial charge in [0.05, 0.1) is 18.0 Å². The van der Waals surface area contributed by atoms with Crippen molar-refractivity contribution >= 4 is 16.8 Å². The number of aromatic nitrogens is 3. The zero-order chi connectivity index (χ0) is 25.7. The van der Waals surface area contributed by atoms with Gasteiger partial charge in [-0.25, -0.2) is 8.78 Å². The van der Waals surface area contributed by atoms with Gasteiger partial charge in [0, 0.05) is 49.1 Å². The van der Waals surface area contributed by atoms with E-state index in [0.29, 0.717) is 24.1 Å². The molecular weight excluding hydrogens is 466 g/mol. The molecule has 3 heterocycles. The van der Waals surface area contributed by atoms with Crippen molar-refractivity contribution in [3.63, 3.8) is 0 Å². The predicted molar refractivity (Wildman–Crippen MR) is 133 cm³/mol. The summed E-state index contributed by atoms with van der Waals surface area (Å²) in [6, 6.07) is 14.8. The monoisotopic (exact) mass is 492 g/mol. The predicted octanol–water partition coefficient (Wildman–Crippen LogP) is 5.07. The van der Waals surface area contributed by atoms with Crippen LogP contribution in [-0.2, 0) is 0 Å². The molecule has 0 spiro atoms. The molecular formula is C27H26F2N4O3. The lowest BCUT2D eigenvalue weighted by Crippen LogP contribution is -2.26. The second kappa shape index (κ2) is 10.6. The minimum absolute atomic E-state index is 0.0984. The SMILES string of the molecule is COc1cccc(-c2ccncc2)c1.NC(=O)c1nccc2[nH]c([C@H]3CCCC(F)(F)C3)cc(=O)c12. The molecule has 3 aromatic heterocycles. The molecule has 7 nitrogen and oxygen atoms in total. The fourth-order valence-electron chi connectivity index (χ4n) is 4.41. The lowest BCUT2D eigenvalue weighted by atomic mass is 9.84. The highest BCUT2D eigenvalue weighted by atomic mass is 19.3. The Labute approximate surface area is 206 Å². The van der Waals surface area contributed by atoms with E-state index in [-0.39, 0.29) is 23.9 Å². The highest BCUT2D eigenvalue weighted by Gasteiger charge is 2.37. The molecule has 0 saturated heterocycles. The number of fused-ring (bicyclic) bond motifs is 1. The van der Waals surface area contributed by atoms with Crippen molar-refractivity contribution in [2.75, 3.05) is 7.11 Å². The maximum atomic E-state index is 13.6. The summed E-state index contributed by atoms with van der Waals surface area (Å²) in [5, 5.41) is 0.0984. The van der Waals surface area contributed by atoms with Gasteiger partial charge in [-0.2, -0.15) is 0 Å². The Kier molecular flexibility index (Phi) is 7.38. The van der Waals surface area contributed by atoms with Crippen molar-refractivity contribution in [3.05, 3.63) is 88.7 Å². The van der Waals surface area contributed by atoms with Crippen LogP contribution in [0, 0.1) is 0 Å². The maximum absolute atomic E-state index is 13.6. The fourth-order valence-corrected chi connectivity index (χ4v) is 4.41. The van der Waals surface area contributed by atoms with Gasteiger partial charge in [-0.15, -0.1) is 0 Å². The second-order valence-corrected chi connectivity index (χ2v) is 8.65. The van der Waals surface area contributed by atoms with Gasteiger partial charge in [-0.05, 0) is 54.3 Å². The second-order valence-electron chi connectivity index (χ2n) is 8.65. The third kappa shape index (κ3) is 5.73. The number of primary amides is 1. The highest BCUT2D eigenvalue weighted by Crippen LogP contribution is 2.41. The van der Waals surface area contributed by atoms with Gasteiger partial charge in [0.15, 0.2) is 5.43 Å². The highest BCUT2D eigenvalue weighted by molar-refractivity contribution is 6.03. The van der Waals surface area contributed by atoms with Gasteiger partial charge >= 0.3 is 0 Å². The zero-order valence-corrected chi connectivity index (χ0v) is 19.7. The van der Waals surface area contributed by atoms with E-state index in [4.69, 9.17) is 10.5 Å². The molecule has 0 bridgehead atoms. The lowest BCUT2D eigenvalue weighted by Gasteiger charge is -2.29. The number of nitrogens with one attached hydrogen (secondary N) is 1. The van der Waals surface area contributed by atoms with E-state index in [1.807, 2.05) is 30.3 Å². The van der Waals surface area contributed by atoms with Crippen molar-refractivity contribution in [2.45, 2.75) is 37.5 Å². The van der Waals surface area contributed by atoms with Gasteiger partial charge in [0.1, 0.15) is 11.4 Å². The molecule has 1 aliphatic rings. The minimum atomic E-state index is -2.70. The number of aromatic amines is 1. The first-order chi connectivity index (χ1) is 17.3. The normalized spacial score (nSPS) is 16.6. The summed E-state index contributed by atoms with van der Waals surface area (Å²) in [6.07, 6.45) is 5.56. The summed E-state index contributed by atoms with van der Waals surface area (Å²) in [5.74, 6) is -3.02. The summed E-state index contributed by atoms with van der Waals surface area (Å²) < 4.78 is 32.3. The first kappa shape index (κ1) is 25.0. The van der Waals surface area contributed by atoms with Crippen LogP contribution < -0.4 is 15.9 Å². The molecule has 5 rings (SSSR count). The molecule has 4 aromatic rings. The summed E-state index contributed by atoms with van der Waals surface area (Å²) >= 11 is 0. The molecule has 0 aliphatic heterocycles. The average Bonchev–Trinajstić information content (AvgIpc) is 2.88. The Bertz CT molecular complexity index is 1420. The molecule has 1 fully saturated rings. The van der Waals surface area contributed by atoms with Crippen LogP contribution in [-0.4, -0.2) is 33.9 Å². The first-order valence-electron chi connectivity index (χ1n) is 11.5. The van der Waals surface area contributed by atoms with E-state index in [9.17, 15) is 18.4 Å². The van der Waals surface area contributed by atoms with Crippen molar-refractivity contribution in [3.8, 4) is 16.9 Å². The summed E-state index contributed by atoms with van der Waals surface area (Å²) in [5.41, 5.74) is 7.83. The van der Waals surface area contributed by atoms with E-state index >= 15 is 0 Å². The Balaban J connectivity index is 0.000000187. The molecule has 1 aromatic carbocycles. The number of pyridine rings is 3. The van der Waals surface area contributed by atoms with E-state index in [0.717, 1.165) is 16.9 Å². The van der Waals surface area contributed by atoms with E-state index < -0.39 is 23.2 Å². The maximum Gasteiger partial charge on any atom is 0.268 e. The van der Waals surface area contributed by atoms with Crippen molar-refractivity contribution in [1.82, 2.24) is 15.0 Å². The number of benzene rings is 1. The van der Waals surface area contributed by atoms with E-state index in [1.54, 1.807) is 19.5 Å². The number of hydrogen-bond donors (Lipinski definition) is 2. The zero-order valence-electron chi connectivity index (χ0n) is 19.7. The number of nitrogens with two attached hydrogens (primary N) is 1. The van der Waals surface area contributed by atoms with Gasteiger partial charge in [0.2, 0.25) is 5.92 Å². The smallest absolute Gasteiger partial charge is 0.268 e. The number of ether oxygens (including phenoxy) is 1. The molecule has 1 atom stereocenters. The average molecular weight is 493 g/mol. The molecule has 0 radical (unpaired) electrons. The van der Waals surface area contributed by atoms with Gasteiger partial charge in [0.25, 0.3) is 5.91 Å². The third-order valence-electron chi connectivity index (χ3n) is 6.16. The van der Waals surface area contributed by atoms with Gasteiger partial charge in [-0.1, -0.05) is 12.1 Å². The van der Waals surface area contributed by atoms with Crippen LogP contribution in [0.1, 0.15) is 47.8 Å². The number of halogens is 2. The van der Waals surface area contributed by atoms with E-state index in [1.165, 1.54) is 18.3 Å². The molecule has 0 unspecified atom stereocenters. The number of carbonyl (C=O) groups is 1. The van der Waals surface area contributed by atoms with Crippen LogP contribution in [0.4, 0.5) is 8.78 Å². The van der Waals surface area contributed by atoms with Gasteiger partial charge in [-0.3, -0.25) is 19.6 Å². The topological polar surface area (TPSA) is 111 Å². The number of methoxy groups -OCH3 is 1. The van der Waals surface area contributed by atoms with Crippen LogP contribution in [0.5, 0.6) is 5.75 Å². The van der Waals surface area contributed by atoms with Crippen LogP contribution in [0.2, 0.25) is 0 Å². The largest absolute Gasteiger partial charge is 0.497 e. The Hall–Kier alpha value is -4.14. The molecule has 1 aliphatic carbocycles. The van der Waals surface area contributed by atoms with Crippen LogP contribution >= 0.6 is 0 Å². The quantitative estimate of drug-likeness (QED) is 0.413. The lowest BCUT2D eigenvalue weighted by molar-refractivity contribution is -0.0412. The molecule has 36 heavy (non-hydrogen) atoms. The number of H-pyrrole nitrogens is 1. The summed E-state index contributed by atoms with van der Waals surface area (Å²) in [7, 11) is 1.67. The van der Waals surface area contributed by atoms with Crippen LogP contribution in [0.3, 0.4) is 0 Å². The number of hydrogen-bond acceptors (Lipinski definition) is 5. The van der Waals surface area contributed by atoms with Crippen molar-refractivity contribution in [1.29, 1.82) is 0 Å². The van der Waals surface area contributed by atoms with Crippen LogP contribution in [0.25, 0.3) is 22.0 Å². The van der Waals surface area contributed by atoms with Crippen molar-refractivity contribution < 1.29 is 18.3 Å². The first-order valence-corrected chi connectivity index (χ1v) is 11.5. The molecule has 1 amide bonds. The van der Waals surface area contributed by atoms with Crippen molar-refractivity contribution in [2.24, 2.45) is 5.73 Å². The molecule has 3 N–H and O–H groups in total. The summed E-state index contributed by atoms with van der Waals surface area (Å²) in [6.45, 7) is 0. The Morgan fingerprint density at radius 1 is 1.11 bits per heavy atom. The Morgan fingerprint density at radius 3 is 2.58 bits per heavy atom. The number of alkyl halides is 2. The van der Waals surface area contributed by atoms with Crippen LogP contribution in [0.15, 0.2) is 71.9 Å². The number of nitrogens with zero attached hydrogens (tertiary/aromatic N) is 2. The Morgan fingerprint density at radius 2 is 1.89 bits per heavy atom.